The Morgan fingerprint density at radius 3 is 2.36 bits per heavy atom. The van der Waals surface area contributed by atoms with Crippen LogP contribution >= 0.6 is 11.8 Å². The molecule has 4 N–H and O–H groups in total. The summed E-state index contributed by atoms with van der Waals surface area (Å²) >= 11 is 1.41. The summed E-state index contributed by atoms with van der Waals surface area (Å²) in [5.41, 5.74) is 10.8. The minimum absolute atomic E-state index is 0.397. The highest BCUT2D eigenvalue weighted by Gasteiger charge is 1.98. The van der Waals surface area contributed by atoms with Gasteiger partial charge in [0.05, 0.1) is 0 Å². The van der Waals surface area contributed by atoms with Crippen molar-refractivity contribution < 1.29 is 0 Å². The molecule has 59 valence electrons. The van der Waals surface area contributed by atoms with Crippen molar-refractivity contribution in [3.05, 3.63) is 13.0 Å². The highest BCUT2D eigenvalue weighted by molar-refractivity contribution is 7.99. The zero-order valence-electron chi connectivity index (χ0n) is 5.95. The van der Waals surface area contributed by atoms with Crippen LogP contribution in [0.25, 0.3) is 0 Å². The molecule has 1 heterocycles. The van der Waals surface area contributed by atoms with Gasteiger partial charge < -0.3 is 11.5 Å². The molecule has 0 aliphatic carbocycles. The first-order valence-electron chi connectivity index (χ1n) is 3.04. The summed E-state index contributed by atoms with van der Waals surface area (Å²) in [7, 11) is 0. The van der Waals surface area contributed by atoms with Crippen LogP contribution in [-0.4, -0.2) is 15.7 Å². The Labute approximate surface area is 69.4 Å². The van der Waals surface area contributed by atoms with Crippen molar-refractivity contribution in [1.82, 2.24) is 9.97 Å². The quantitative estimate of drug-likeness (QED) is 0.500. The van der Waals surface area contributed by atoms with Gasteiger partial charge in [-0.15, -0.1) is 0 Å². The zero-order valence-corrected chi connectivity index (χ0v) is 6.77. The van der Waals surface area contributed by atoms with E-state index in [2.05, 4.69) is 16.9 Å². The Kier molecular flexibility index (Phi) is 2.53. The molecule has 0 fully saturated rings. The highest BCUT2D eigenvalue weighted by atomic mass is 32.2. The third-order valence-electron chi connectivity index (χ3n) is 0.976. The molecule has 11 heavy (non-hydrogen) atoms. The fourth-order valence-electron chi connectivity index (χ4n) is 0.618. The maximum Gasteiger partial charge on any atom is 0.191 e. The summed E-state index contributed by atoms with van der Waals surface area (Å²) in [6, 6.07) is 1.52. The second-order valence-electron chi connectivity index (χ2n) is 1.85. The van der Waals surface area contributed by atoms with Crippen molar-refractivity contribution in [1.29, 1.82) is 0 Å². The number of aromatic nitrogens is 2. The molecule has 1 aromatic heterocycles. The Morgan fingerprint density at radius 1 is 1.36 bits per heavy atom. The predicted octanol–water partition coefficient (Wildman–Crippen LogP) is 0.567. The molecule has 4 nitrogen and oxygen atoms in total. The summed E-state index contributed by atoms with van der Waals surface area (Å²) in [5.74, 6) is 1.46. The minimum Gasteiger partial charge on any atom is -0.383 e. The number of rotatable bonds is 2. The number of anilines is 2. The van der Waals surface area contributed by atoms with E-state index in [0.717, 1.165) is 0 Å². The average molecular weight is 169 g/mol. The van der Waals surface area contributed by atoms with Crippen LogP contribution < -0.4 is 11.5 Å². The first-order valence-corrected chi connectivity index (χ1v) is 4.03. The van der Waals surface area contributed by atoms with Crippen LogP contribution in [0.4, 0.5) is 11.6 Å². The topological polar surface area (TPSA) is 77.8 Å². The van der Waals surface area contributed by atoms with Crippen molar-refractivity contribution in [3.63, 3.8) is 0 Å². The SMILES string of the molecule is [CH2]CSc1nc(N)cc(N)n1. The van der Waals surface area contributed by atoms with E-state index in [1.165, 1.54) is 17.8 Å². The molecule has 0 aliphatic heterocycles. The van der Waals surface area contributed by atoms with E-state index in [1.807, 2.05) is 0 Å². The van der Waals surface area contributed by atoms with E-state index < -0.39 is 0 Å². The summed E-state index contributed by atoms with van der Waals surface area (Å²) < 4.78 is 0. The first-order chi connectivity index (χ1) is 5.22. The molecule has 0 atom stereocenters. The molecule has 0 unspecified atom stereocenters. The molecule has 0 aliphatic rings. The van der Waals surface area contributed by atoms with Gasteiger partial charge in [-0.25, -0.2) is 9.97 Å². The largest absolute Gasteiger partial charge is 0.383 e. The number of hydrogen-bond acceptors (Lipinski definition) is 5. The van der Waals surface area contributed by atoms with Gasteiger partial charge in [0.15, 0.2) is 5.16 Å². The molecule has 0 bridgehead atoms. The number of nitrogens with two attached hydrogens (primary N) is 2. The van der Waals surface area contributed by atoms with Crippen molar-refractivity contribution in [2.45, 2.75) is 5.16 Å². The second kappa shape index (κ2) is 3.43. The molecule has 0 aromatic carbocycles. The van der Waals surface area contributed by atoms with Crippen molar-refractivity contribution in [3.8, 4) is 0 Å². The molecular weight excluding hydrogens is 160 g/mol. The summed E-state index contributed by atoms with van der Waals surface area (Å²) in [4.78, 5) is 7.87. The van der Waals surface area contributed by atoms with E-state index in [9.17, 15) is 0 Å². The Balaban J connectivity index is 2.89. The fourth-order valence-corrected chi connectivity index (χ4v) is 1.14. The third kappa shape index (κ3) is 2.27. The van der Waals surface area contributed by atoms with Crippen LogP contribution in [0.2, 0.25) is 0 Å². The molecule has 0 amide bonds. The zero-order chi connectivity index (χ0) is 8.27. The average Bonchev–Trinajstić information content (AvgIpc) is 1.85. The van der Waals surface area contributed by atoms with E-state index in [4.69, 9.17) is 11.5 Å². The van der Waals surface area contributed by atoms with Crippen LogP contribution in [0.3, 0.4) is 0 Å². The van der Waals surface area contributed by atoms with Crippen LogP contribution in [0.1, 0.15) is 0 Å². The lowest BCUT2D eigenvalue weighted by atomic mass is 10.5. The van der Waals surface area contributed by atoms with Crippen molar-refractivity contribution in [2.75, 3.05) is 17.2 Å². The lowest BCUT2D eigenvalue weighted by molar-refractivity contribution is 0.987. The van der Waals surface area contributed by atoms with E-state index in [-0.39, 0.29) is 0 Å². The molecule has 1 aromatic rings. The molecular formula is C6H9N4S. The Morgan fingerprint density at radius 2 is 1.91 bits per heavy atom. The number of nitrogen functional groups attached to an aromatic ring is 2. The van der Waals surface area contributed by atoms with Gasteiger partial charge in [-0.3, -0.25) is 0 Å². The number of thioether (sulfide) groups is 1. The van der Waals surface area contributed by atoms with Gasteiger partial charge in [-0.2, -0.15) is 0 Å². The number of nitrogens with zero attached hydrogens (tertiary/aromatic N) is 2. The molecule has 1 radical (unpaired) electrons. The van der Waals surface area contributed by atoms with Gasteiger partial charge in [0, 0.05) is 11.8 Å². The Bertz CT molecular complexity index is 230. The van der Waals surface area contributed by atoms with Gasteiger partial charge in [0.1, 0.15) is 11.6 Å². The molecule has 1 rings (SSSR count). The standard InChI is InChI=1S/C6H9N4S/c1-2-11-6-9-4(7)3-5(8)10-6/h3H,1-2H2,(H4,7,8,9,10). The molecule has 5 heteroatoms. The lowest BCUT2D eigenvalue weighted by Crippen LogP contribution is -1.98. The maximum absolute atomic E-state index is 5.42. The maximum atomic E-state index is 5.42. The van der Waals surface area contributed by atoms with Crippen LogP contribution in [0, 0.1) is 6.92 Å². The summed E-state index contributed by atoms with van der Waals surface area (Å²) in [5, 5.41) is 0.581. The van der Waals surface area contributed by atoms with Crippen molar-refractivity contribution >= 4 is 23.4 Å². The predicted molar refractivity (Wildman–Crippen MR) is 46.9 cm³/mol. The van der Waals surface area contributed by atoms with Gasteiger partial charge in [-0.05, 0) is 6.92 Å². The molecule has 0 saturated carbocycles. The summed E-state index contributed by atoms with van der Waals surface area (Å²) in [6.07, 6.45) is 0. The van der Waals surface area contributed by atoms with E-state index >= 15 is 0 Å². The third-order valence-corrected chi connectivity index (χ3v) is 1.62. The smallest absolute Gasteiger partial charge is 0.191 e. The Hall–Kier alpha value is -0.970. The van der Waals surface area contributed by atoms with Crippen LogP contribution in [0.15, 0.2) is 11.2 Å². The minimum atomic E-state index is 0.397. The first kappa shape index (κ1) is 8.13. The second-order valence-corrected chi connectivity index (χ2v) is 2.91. The molecule has 0 saturated heterocycles. The molecule has 0 spiro atoms. The monoisotopic (exact) mass is 169 g/mol. The van der Waals surface area contributed by atoms with E-state index in [0.29, 0.717) is 22.5 Å². The van der Waals surface area contributed by atoms with Crippen LogP contribution in [-0.2, 0) is 0 Å². The van der Waals surface area contributed by atoms with E-state index in [1.54, 1.807) is 0 Å². The number of hydrogen-bond donors (Lipinski definition) is 2. The van der Waals surface area contributed by atoms with Gasteiger partial charge in [0.2, 0.25) is 0 Å². The van der Waals surface area contributed by atoms with Gasteiger partial charge >= 0.3 is 0 Å². The van der Waals surface area contributed by atoms with Crippen LogP contribution in [0.5, 0.6) is 0 Å². The summed E-state index contributed by atoms with van der Waals surface area (Å²) in [6.45, 7) is 3.64. The van der Waals surface area contributed by atoms with Gasteiger partial charge in [0.25, 0.3) is 0 Å². The fraction of sp³-hybridized carbons (Fsp3) is 0.167. The normalized spacial score (nSPS) is 9.91. The lowest BCUT2D eigenvalue weighted by Gasteiger charge is -1.99. The van der Waals surface area contributed by atoms with Gasteiger partial charge in [-0.1, -0.05) is 11.8 Å². The van der Waals surface area contributed by atoms with Crippen molar-refractivity contribution in [2.24, 2.45) is 0 Å². The highest BCUT2D eigenvalue weighted by Crippen LogP contribution is 2.14.